The number of nitrogens with two attached hydrogens (primary N) is 1. The summed E-state index contributed by atoms with van der Waals surface area (Å²) in [6, 6.07) is 15.4. The second kappa shape index (κ2) is 7.71. The van der Waals surface area contributed by atoms with Crippen molar-refractivity contribution >= 4 is 23.2 Å². The first kappa shape index (κ1) is 16.2. The second-order valence-electron chi connectivity index (χ2n) is 4.97. The number of hydrogen-bond donors (Lipinski definition) is 1. The van der Waals surface area contributed by atoms with Crippen LogP contribution in [0.25, 0.3) is 0 Å². The topological polar surface area (TPSA) is 55.6 Å². The number of nitrogens with zero attached hydrogens (tertiary/aromatic N) is 1. The zero-order valence-electron chi connectivity index (χ0n) is 12.5. The summed E-state index contributed by atoms with van der Waals surface area (Å²) in [6.45, 7) is 1.20. The highest BCUT2D eigenvalue weighted by Gasteiger charge is 2.09. The molecular formula is C17H19ClN2O2. The first-order chi connectivity index (χ1) is 10.6. The summed E-state index contributed by atoms with van der Waals surface area (Å²) >= 11 is 6.03. The van der Waals surface area contributed by atoms with Crippen molar-refractivity contribution < 1.29 is 9.53 Å². The minimum Gasteiger partial charge on any atom is -0.497 e. The third-order valence-electron chi connectivity index (χ3n) is 3.33. The second-order valence-corrected chi connectivity index (χ2v) is 5.40. The molecule has 0 unspecified atom stereocenters. The van der Waals surface area contributed by atoms with Crippen molar-refractivity contribution in [3.05, 3.63) is 59.1 Å². The van der Waals surface area contributed by atoms with E-state index in [0.717, 1.165) is 17.0 Å². The Hall–Kier alpha value is -2.20. The van der Waals surface area contributed by atoms with E-state index in [1.807, 2.05) is 48.5 Å². The molecule has 0 atom stereocenters. The van der Waals surface area contributed by atoms with Crippen molar-refractivity contribution in [3.63, 3.8) is 0 Å². The highest BCUT2D eigenvalue weighted by atomic mass is 35.5. The van der Waals surface area contributed by atoms with Crippen LogP contribution in [0.5, 0.6) is 5.75 Å². The van der Waals surface area contributed by atoms with Crippen LogP contribution in [0.4, 0.5) is 5.69 Å². The van der Waals surface area contributed by atoms with Crippen LogP contribution < -0.4 is 15.4 Å². The standard InChI is InChI=1S/C17H19ClN2O2/c1-22-16-7-5-15(6-8-16)20(10-9-17(19)21)12-13-3-2-4-14(18)11-13/h2-8,11H,9-10,12H2,1H3,(H2,19,21). The molecular weight excluding hydrogens is 300 g/mol. The number of amides is 1. The lowest BCUT2D eigenvalue weighted by atomic mass is 10.2. The van der Waals surface area contributed by atoms with Gasteiger partial charge < -0.3 is 15.4 Å². The molecule has 2 aromatic carbocycles. The number of halogens is 1. The molecule has 116 valence electrons. The van der Waals surface area contributed by atoms with Crippen LogP contribution in [0.15, 0.2) is 48.5 Å². The third kappa shape index (κ3) is 4.67. The van der Waals surface area contributed by atoms with Crippen molar-refractivity contribution in [3.8, 4) is 5.75 Å². The number of rotatable bonds is 7. The van der Waals surface area contributed by atoms with Crippen molar-refractivity contribution in [1.82, 2.24) is 0 Å². The van der Waals surface area contributed by atoms with Gasteiger partial charge >= 0.3 is 0 Å². The van der Waals surface area contributed by atoms with Crippen LogP contribution in [0.1, 0.15) is 12.0 Å². The number of anilines is 1. The maximum absolute atomic E-state index is 11.1. The van der Waals surface area contributed by atoms with Crippen molar-refractivity contribution in [2.75, 3.05) is 18.6 Å². The molecule has 5 heteroatoms. The number of carbonyl (C=O) groups excluding carboxylic acids is 1. The Kier molecular flexibility index (Phi) is 5.67. The Morgan fingerprint density at radius 2 is 1.95 bits per heavy atom. The molecule has 4 nitrogen and oxygen atoms in total. The number of benzene rings is 2. The van der Waals surface area contributed by atoms with Gasteiger partial charge in [0.15, 0.2) is 0 Å². The lowest BCUT2D eigenvalue weighted by Gasteiger charge is -2.25. The number of carbonyl (C=O) groups is 1. The fourth-order valence-corrected chi connectivity index (χ4v) is 2.41. The molecule has 0 heterocycles. The predicted molar refractivity (Wildman–Crippen MR) is 89.3 cm³/mol. The molecule has 0 spiro atoms. The zero-order chi connectivity index (χ0) is 15.9. The summed E-state index contributed by atoms with van der Waals surface area (Å²) in [6.07, 6.45) is 0.298. The maximum Gasteiger partial charge on any atom is 0.219 e. The van der Waals surface area contributed by atoms with E-state index in [4.69, 9.17) is 22.1 Å². The Bertz CT molecular complexity index is 629. The van der Waals surface area contributed by atoms with Crippen LogP contribution in [0.3, 0.4) is 0 Å². The lowest BCUT2D eigenvalue weighted by Crippen LogP contribution is -2.27. The van der Waals surface area contributed by atoms with E-state index >= 15 is 0 Å². The minimum absolute atomic E-state index is 0.298. The zero-order valence-corrected chi connectivity index (χ0v) is 13.2. The van der Waals surface area contributed by atoms with E-state index in [9.17, 15) is 4.79 Å². The van der Waals surface area contributed by atoms with Crippen LogP contribution in [0, 0.1) is 0 Å². The van der Waals surface area contributed by atoms with Crippen LogP contribution >= 0.6 is 11.6 Å². The fourth-order valence-electron chi connectivity index (χ4n) is 2.19. The maximum atomic E-state index is 11.1. The molecule has 0 fully saturated rings. The summed E-state index contributed by atoms with van der Waals surface area (Å²) in [5, 5.41) is 0.696. The smallest absolute Gasteiger partial charge is 0.219 e. The molecule has 0 radical (unpaired) electrons. The average molecular weight is 319 g/mol. The van der Waals surface area contributed by atoms with Gasteiger partial charge in [-0.2, -0.15) is 0 Å². The van der Waals surface area contributed by atoms with Gasteiger partial charge in [0.2, 0.25) is 5.91 Å². The van der Waals surface area contributed by atoms with Gasteiger partial charge in [-0.15, -0.1) is 0 Å². The minimum atomic E-state index is -0.315. The van der Waals surface area contributed by atoms with E-state index in [-0.39, 0.29) is 5.91 Å². The molecule has 0 aromatic heterocycles. The first-order valence-corrected chi connectivity index (χ1v) is 7.38. The van der Waals surface area contributed by atoms with Crippen LogP contribution in [0.2, 0.25) is 5.02 Å². The Morgan fingerprint density at radius 1 is 1.23 bits per heavy atom. The van der Waals surface area contributed by atoms with Crippen molar-refractivity contribution in [1.29, 1.82) is 0 Å². The molecule has 2 N–H and O–H groups in total. The van der Waals surface area contributed by atoms with Crippen molar-refractivity contribution in [2.24, 2.45) is 5.73 Å². The SMILES string of the molecule is COc1ccc(N(CCC(N)=O)Cc2cccc(Cl)c2)cc1. The summed E-state index contributed by atoms with van der Waals surface area (Å²) in [5.41, 5.74) is 7.35. The molecule has 0 bridgehead atoms. The van der Waals surface area contributed by atoms with E-state index in [1.165, 1.54) is 0 Å². The van der Waals surface area contributed by atoms with Gasteiger partial charge in [0.05, 0.1) is 7.11 Å². The fraction of sp³-hybridized carbons (Fsp3) is 0.235. The summed E-state index contributed by atoms with van der Waals surface area (Å²) in [4.78, 5) is 13.2. The van der Waals surface area contributed by atoms with E-state index in [2.05, 4.69) is 4.90 Å². The first-order valence-electron chi connectivity index (χ1n) is 7.00. The highest BCUT2D eigenvalue weighted by molar-refractivity contribution is 6.30. The number of hydrogen-bond acceptors (Lipinski definition) is 3. The van der Waals surface area contributed by atoms with Crippen LogP contribution in [-0.4, -0.2) is 19.6 Å². The van der Waals surface area contributed by atoms with Gasteiger partial charge in [-0.1, -0.05) is 23.7 Å². The molecule has 0 saturated heterocycles. The van der Waals surface area contributed by atoms with Gasteiger partial charge in [0.25, 0.3) is 0 Å². The van der Waals surface area contributed by atoms with E-state index < -0.39 is 0 Å². The lowest BCUT2D eigenvalue weighted by molar-refractivity contribution is -0.117. The molecule has 0 aliphatic heterocycles. The summed E-state index contributed by atoms with van der Waals surface area (Å²) < 4.78 is 5.17. The molecule has 0 aliphatic carbocycles. The summed E-state index contributed by atoms with van der Waals surface area (Å²) in [5.74, 6) is 0.478. The van der Waals surface area contributed by atoms with Gasteiger partial charge in [-0.05, 0) is 42.0 Å². The molecule has 22 heavy (non-hydrogen) atoms. The van der Waals surface area contributed by atoms with E-state index in [1.54, 1.807) is 7.11 Å². The normalized spacial score (nSPS) is 10.3. The Morgan fingerprint density at radius 3 is 2.55 bits per heavy atom. The highest BCUT2D eigenvalue weighted by Crippen LogP contribution is 2.22. The van der Waals surface area contributed by atoms with Crippen molar-refractivity contribution in [2.45, 2.75) is 13.0 Å². The Balaban J connectivity index is 2.19. The monoisotopic (exact) mass is 318 g/mol. The Labute approximate surface area is 135 Å². The molecule has 2 rings (SSSR count). The molecule has 0 saturated carbocycles. The van der Waals surface area contributed by atoms with Crippen LogP contribution in [-0.2, 0) is 11.3 Å². The molecule has 1 amide bonds. The van der Waals surface area contributed by atoms with Gasteiger partial charge in [0, 0.05) is 30.2 Å². The number of primary amides is 1. The number of methoxy groups -OCH3 is 1. The third-order valence-corrected chi connectivity index (χ3v) is 3.56. The average Bonchev–Trinajstić information content (AvgIpc) is 2.51. The number of ether oxygens (including phenoxy) is 1. The largest absolute Gasteiger partial charge is 0.497 e. The van der Waals surface area contributed by atoms with Gasteiger partial charge in [0.1, 0.15) is 5.75 Å². The summed E-state index contributed by atoms with van der Waals surface area (Å²) in [7, 11) is 1.63. The van der Waals surface area contributed by atoms with Gasteiger partial charge in [-0.3, -0.25) is 4.79 Å². The molecule has 0 aliphatic rings. The predicted octanol–water partition coefficient (Wildman–Crippen LogP) is 3.23. The quantitative estimate of drug-likeness (QED) is 0.852. The van der Waals surface area contributed by atoms with E-state index in [0.29, 0.717) is 24.5 Å². The van der Waals surface area contributed by atoms with Gasteiger partial charge in [-0.25, -0.2) is 0 Å². The molecule has 2 aromatic rings.